The van der Waals surface area contributed by atoms with Crippen LogP contribution in [0.2, 0.25) is 0 Å². The molecule has 2 aromatic carbocycles. The van der Waals surface area contributed by atoms with Gasteiger partial charge in [-0.1, -0.05) is 19.4 Å². The normalized spacial score (nSPS) is 11.8. The summed E-state index contributed by atoms with van der Waals surface area (Å²) in [7, 11) is 1.03. The maximum Gasteiger partial charge on any atom is 0.242 e. The molecule has 178 valence electrons. The summed E-state index contributed by atoms with van der Waals surface area (Å²) in [5, 5.41) is 2.92. The van der Waals surface area contributed by atoms with Gasteiger partial charge in [0, 0.05) is 33.5 Å². The first-order valence-corrected chi connectivity index (χ1v) is 12.5. The molecule has 0 spiro atoms. The van der Waals surface area contributed by atoms with E-state index in [0.717, 1.165) is 36.3 Å². The van der Waals surface area contributed by atoms with Crippen molar-refractivity contribution in [2.24, 2.45) is 0 Å². The SMILES string of the molecule is CCCCn1c(CCC(=O)Nc2cc(C)ccc2OC)nc2cc(S(=O)(=O)N(C)C)ccc21. The van der Waals surface area contributed by atoms with Gasteiger partial charge in [0.1, 0.15) is 11.6 Å². The van der Waals surface area contributed by atoms with Crippen molar-refractivity contribution in [3.8, 4) is 5.75 Å². The van der Waals surface area contributed by atoms with Gasteiger partial charge in [-0.3, -0.25) is 4.79 Å². The number of nitrogens with one attached hydrogen (secondary N) is 1. The molecule has 0 aliphatic heterocycles. The number of anilines is 1. The van der Waals surface area contributed by atoms with Gasteiger partial charge in [0.15, 0.2) is 0 Å². The fourth-order valence-corrected chi connectivity index (χ4v) is 4.57. The number of hydrogen-bond donors (Lipinski definition) is 1. The van der Waals surface area contributed by atoms with Crippen molar-refractivity contribution in [1.29, 1.82) is 0 Å². The minimum Gasteiger partial charge on any atom is -0.495 e. The highest BCUT2D eigenvalue weighted by Crippen LogP contribution is 2.26. The van der Waals surface area contributed by atoms with Crippen LogP contribution in [0, 0.1) is 6.92 Å². The molecule has 3 rings (SSSR count). The number of hydrogen-bond acceptors (Lipinski definition) is 5. The van der Waals surface area contributed by atoms with Crippen molar-refractivity contribution in [1.82, 2.24) is 13.9 Å². The van der Waals surface area contributed by atoms with Gasteiger partial charge in [-0.25, -0.2) is 17.7 Å². The Labute approximate surface area is 195 Å². The highest BCUT2D eigenvalue weighted by molar-refractivity contribution is 7.89. The van der Waals surface area contributed by atoms with Crippen LogP contribution in [0.25, 0.3) is 11.0 Å². The number of carbonyl (C=O) groups is 1. The van der Waals surface area contributed by atoms with Crippen LogP contribution in [-0.4, -0.2) is 49.4 Å². The van der Waals surface area contributed by atoms with E-state index in [1.165, 1.54) is 18.4 Å². The molecule has 0 unspecified atom stereocenters. The lowest BCUT2D eigenvalue weighted by Gasteiger charge is -2.12. The second-order valence-electron chi connectivity index (χ2n) is 8.22. The molecule has 1 heterocycles. The van der Waals surface area contributed by atoms with Crippen LogP contribution >= 0.6 is 0 Å². The predicted octanol–water partition coefficient (Wildman–Crippen LogP) is 3.98. The van der Waals surface area contributed by atoms with Crippen molar-refractivity contribution in [2.45, 2.75) is 51.0 Å². The number of aromatic nitrogens is 2. The third-order valence-electron chi connectivity index (χ3n) is 5.52. The molecule has 33 heavy (non-hydrogen) atoms. The van der Waals surface area contributed by atoms with Gasteiger partial charge in [-0.2, -0.15) is 0 Å². The molecule has 1 amide bonds. The predicted molar refractivity (Wildman–Crippen MR) is 130 cm³/mol. The van der Waals surface area contributed by atoms with E-state index < -0.39 is 10.0 Å². The number of fused-ring (bicyclic) bond motifs is 1. The molecule has 0 saturated carbocycles. The molecule has 8 nitrogen and oxygen atoms in total. The van der Waals surface area contributed by atoms with E-state index in [1.807, 2.05) is 25.1 Å². The number of amides is 1. The van der Waals surface area contributed by atoms with Gasteiger partial charge in [-0.05, 0) is 49.2 Å². The number of imidazole rings is 1. The third kappa shape index (κ3) is 5.54. The average molecular weight is 473 g/mol. The first kappa shape index (κ1) is 24.7. The number of nitrogens with zero attached hydrogens (tertiary/aromatic N) is 3. The van der Waals surface area contributed by atoms with E-state index in [0.29, 0.717) is 23.4 Å². The van der Waals surface area contributed by atoms with E-state index in [1.54, 1.807) is 25.3 Å². The van der Waals surface area contributed by atoms with E-state index in [2.05, 4.69) is 16.8 Å². The summed E-state index contributed by atoms with van der Waals surface area (Å²) in [6, 6.07) is 10.6. The first-order chi connectivity index (χ1) is 15.7. The molecule has 1 aromatic heterocycles. The van der Waals surface area contributed by atoms with Crippen LogP contribution in [0.15, 0.2) is 41.3 Å². The van der Waals surface area contributed by atoms with Crippen LogP contribution in [0.5, 0.6) is 5.75 Å². The lowest BCUT2D eigenvalue weighted by atomic mass is 10.2. The number of unbranched alkanes of at least 4 members (excludes halogenated alkanes) is 1. The zero-order valence-corrected chi connectivity index (χ0v) is 20.7. The average Bonchev–Trinajstić information content (AvgIpc) is 3.13. The van der Waals surface area contributed by atoms with Crippen LogP contribution in [0.1, 0.15) is 37.6 Å². The number of benzene rings is 2. The largest absolute Gasteiger partial charge is 0.495 e. The van der Waals surface area contributed by atoms with Crippen LogP contribution in [-0.2, 0) is 27.8 Å². The smallest absolute Gasteiger partial charge is 0.242 e. The summed E-state index contributed by atoms with van der Waals surface area (Å²) in [5.41, 5.74) is 3.15. The number of aryl methyl sites for hydroxylation is 3. The highest BCUT2D eigenvalue weighted by Gasteiger charge is 2.20. The van der Waals surface area contributed by atoms with Crippen molar-refractivity contribution < 1.29 is 17.9 Å². The van der Waals surface area contributed by atoms with E-state index in [-0.39, 0.29) is 17.2 Å². The highest BCUT2D eigenvalue weighted by atomic mass is 32.2. The Morgan fingerprint density at radius 3 is 2.61 bits per heavy atom. The van der Waals surface area contributed by atoms with E-state index in [4.69, 9.17) is 9.72 Å². The quantitative estimate of drug-likeness (QED) is 0.482. The maximum absolute atomic E-state index is 12.7. The Kier molecular flexibility index (Phi) is 7.76. The Bertz CT molecular complexity index is 1250. The molecule has 3 aromatic rings. The monoisotopic (exact) mass is 472 g/mol. The van der Waals surface area contributed by atoms with Crippen molar-refractivity contribution >= 4 is 32.7 Å². The Balaban J connectivity index is 1.85. The van der Waals surface area contributed by atoms with E-state index in [9.17, 15) is 13.2 Å². The summed E-state index contributed by atoms with van der Waals surface area (Å²) in [6.45, 7) is 4.83. The minimum absolute atomic E-state index is 0.135. The number of ether oxygens (including phenoxy) is 1. The van der Waals surface area contributed by atoms with E-state index >= 15 is 0 Å². The van der Waals surface area contributed by atoms with Crippen molar-refractivity contribution in [2.75, 3.05) is 26.5 Å². The van der Waals surface area contributed by atoms with Crippen LogP contribution < -0.4 is 10.1 Å². The topological polar surface area (TPSA) is 93.5 Å². The summed E-state index contributed by atoms with van der Waals surface area (Å²) in [4.78, 5) is 17.6. The fourth-order valence-electron chi connectivity index (χ4n) is 3.64. The second-order valence-corrected chi connectivity index (χ2v) is 10.4. The third-order valence-corrected chi connectivity index (χ3v) is 7.33. The molecule has 0 atom stereocenters. The summed E-state index contributed by atoms with van der Waals surface area (Å²) >= 11 is 0. The number of rotatable bonds is 10. The Hall–Kier alpha value is -2.91. The van der Waals surface area contributed by atoms with Gasteiger partial charge in [-0.15, -0.1) is 0 Å². The molecule has 0 bridgehead atoms. The molecule has 1 N–H and O–H groups in total. The maximum atomic E-state index is 12.7. The zero-order valence-electron chi connectivity index (χ0n) is 19.9. The van der Waals surface area contributed by atoms with Gasteiger partial charge in [0.05, 0.1) is 28.7 Å². The molecule has 0 saturated heterocycles. The van der Waals surface area contributed by atoms with Gasteiger partial charge >= 0.3 is 0 Å². The Morgan fingerprint density at radius 1 is 1.18 bits per heavy atom. The number of methoxy groups -OCH3 is 1. The van der Waals surface area contributed by atoms with Crippen LogP contribution in [0.3, 0.4) is 0 Å². The zero-order chi connectivity index (χ0) is 24.2. The lowest BCUT2D eigenvalue weighted by molar-refractivity contribution is -0.116. The van der Waals surface area contributed by atoms with Gasteiger partial charge in [0.25, 0.3) is 0 Å². The van der Waals surface area contributed by atoms with Gasteiger partial charge in [0.2, 0.25) is 15.9 Å². The molecular formula is C24H32N4O4S. The Morgan fingerprint density at radius 2 is 1.94 bits per heavy atom. The fraction of sp³-hybridized carbons (Fsp3) is 0.417. The first-order valence-electron chi connectivity index (χ1n) is 11.0. The van der Waals surface area contributed by atoms with Crippen molar-refractivity contribution in [3.63, 3.8) is 0 Å². The number of carbonyl (C=O) groups excluding carboxylic acids is 1. The molecule has 0 aliphatic rings. The molecule has 0 aliphatic carbocycles. The van der Waals surface area contributed by atoms with Crippen molar-refractivity contribution in [3.05, 3.63) is 47.8 Å². The molecular weight excluding hydrogens is 440 g/mol. The van der Waals surface area contributed by atoms with Gasteiger partial charge < -0.3 is 14.6 Å². The summed E-state index contributed by atoms with van der Waals surface area (Å²) in [6.07, 6.45) is 2.66. The molecule has 0 fully saturated rings. The number of sulfonamides is 1. The lowest BCUT2D eigenvalue weighted by Crippen LogP contribution is -2.22. The molecule has 9 heteroatoms. The standard InChI is InChI=1S/C24H32N4O4S/c1-6-7-14-28-21-10-9-18(33(30,31)27(3)4)16-19(21)25-23(28)12-13-24(29)26-20-15-17(2)8-11-22(20)32-5/h8-11,15-16H,6-7,12-14H2,1-5H3,(H,26,29). The summed E-state index contributed by atoms with van der Waals surface area (Å²) < 4.78 is 33.7. The minimum atomic E-state index is -3.55. The molecule has 0 radical (unpaired) electrons. The summed E-state index contributed by atoms with van der Waals surface area (Å²) in [5.74, 6) is 1.24. The van der Waals surface area contributed by atoms with Crippen LogP contribution in [0.4, 0.5) is 5.69 Å². The second kappa shape index (κ2) is 10.4.